The smallest absolute Gasteiger partial charge is 0.338 e. The summed E-state index contributed by atoms with van der Waals surface area (Å²) in [6.45, 7) is 5.95. The highest BCUT2D eigenvalue weighted by molar-refractivity contribution is 6.31. The maximum Gasteiger partial charge on any atom is 0.338 e. The molecule has 3 rings (SSSR count). The number of nitrogens with one attached hydrogen (secondary N) is 1. The van der Waals surface area contributed by atoms with Crippen LogP contribution in [0.25, 0.3) is 10.9 Å². The summed E-state index contributed by atoms with van der Waals surface area (Å²) in [6, 6.07) is 11.4. The van der Waals surface area contributed by atoms with E-state index in [0.29, 0.717) is 27.2 Å². The van der Waals surface area contributed by atoms with Crippen LogP contribution in [0.3, 0.4) is 0 Å². The van der Waals surface area contributed by atoms with Crippen molar-refractivity contribution < 1.29 is 14.3 Å². The van der Waals surface area contributed by atoms with Crippen LogP contribution in [0.15, 0.2) is 53.5 Å². The van der Waals surface area contributed by atoms with Crippen LogP contribution >= 0.6 is 11.6 Å². The summed E-state index contributed by atoms with van der Waals surface area (Å²) in [5, 5.41) is 3.52. The maximum absolute atomic E-state index is 12.9. The molecule has 0 aliphatic rings. The molecule has 0 atom stereocenters. The number of amides is 1. The number of ether oxygens (including phenoxy) is 1. The van der Waals surface area contributed by atoms with E-state index in [-0.39, 0.29) is 23.6 Å². The average Bonchev–Trinajstić information content (AvgIpc) is 2.69. The fraction of sp³-hybridized carbons (Fsp3) is 0.227. The van der Waals surface area contributed by atoms with Crippen molar-refractivity contribution >= 4 is 40.1 Å². The third-order valence-electron chi connectivity index (χ3n) is 4.45. The highest BCUT2D eigenvalue weighted by Gasteiger charge is 2.17. The van der Waals surface area contributed by atoms with Gasteiger partial charge in [0.1, 0.15) is 5.56 Å². The van der Waals surface area contributed by atoms with Crippen LogP contribution in [-0.4, -0.2) is 23.1 Å². The van der Waals surface area contributed by atoms with Crippen LogP contribution in [0.1, 0.15) is 47.5 Å². The Bertz CT molecular complexity index is 1130. The number of hydrogen-bond donors (Lipinski definition) is 1. The number of nitrogens with zero attached hydrogens (tertiary/aromatic N) is 1. The highest BCUT2D eigenvalue weighted by Crippen LogP contribution is 2.21. The first-order chi connectivity index (χ1) is 13.8. The minimum atomic E-state index is -0.532. The summed E-state index contributed by atoms with van der Waals surface area (Å²) in [4.78, 5) is 37.5. The molecule has 7 heteroatoms. The Morgan fingerprint density at radius 1 is 1.14 bits per heavy atom. The van der Waals surface area contributed by atoms with Crippen LogP contribution in [0, 0.1) is 0 Å². The van der Waals surface area contributed by atoms with Crippen molar-refractivity contribution in [1.29, 1.82) is 0 Å². The van der Waals surface area contributed by atoms with Crippen molar-refractivity contribution in [2.45, 2.75) is 26.8 Å². The van der Waals surface area contributed by atoms with Crippen LogP contribution in [-0.2, 0) is 4.74 Å². The molecule has 3 aromatic rings. The van der Waals surface area contributed by atoms with Crippen LogP contribution in [0.2, 0.25) is 5.02 Å². The number of carbonyl (C=O) groups excluding carboxylic acids is 2. The number of hydrogen-bond acceptors (Lipinski definition) is 4. The molecule has 150 valence electrons. The number of fused-ring (bicyclic) bond motifs is 1. The van der Waals surface area contributed by atoms with E-state index >= 15 is 0 Å². The lowest BCUT2D eigenvalue weighted by atomic mass is 10.1. The van der Waals surface area contributed by atoms with Gasteiger partial charge in [-0.25, -0.2) is 4.79 Å². The molecular weight excluding hydrogens is 392 g/mol. The van der Waals surface area contributed by atoms with Gasteiger partial charge < -0.3 is 14.6 Å². The number of esters is 1. The van der Waals surface area contributed by atoms with Crippen molar-refractivity contribution in [3.05, 3.63) is 75.0 Å². The quantitative estimate of drug-likeness (QED) is 0.618. The van der Waals surface area contributed by atoms with E-state index in [9.17, 15) is 14.4 Å². The molecule has 6 nitrogen and oxygen atoms in total. The predicted octanol–water partition coefficient (Wildman–Crippen LogP) is 4.66. The van der Waals surface area contributed by atoms with Gasteiger partial charge in [0, 0.05) is 28.3 Å². The molecule has 0 saturated carbocycles. The Kier molecular flexibility index (Phi) is 6.03. The molecule has 0 radical (unpaired) electrons. The summed E-state index contributed by atoms with van der Waals surface area (Å²) >= 11 is 6.06. The van der Waals surface area contributed by atoms with E-state index in [1.807, 2.05) is 18.4 Å². The first-order valence-electron chi connectivity index (χ1n) is 9.24. The van der Waals surface area contributed by atoms with E-state index < -0.39 is 11.9 Å². The van der Waals surface area contributed by atoms with Crippen LogP contribution in [0.5, 0.6) is 0 Å². The first-order valence-corrected chi connectivity index (χ1v) is 9.62. The normalized spacial score (nSPS) is 10.9. The number of halogens is 1. The van der Waals surface area contributed by atoms with Crippen molar-refractivity contribution in [3.8, 4) is 0 Å². The molecule has 1 amide bonds. The molecule has 0 bridgehead atoms. The maximum atomic E-state index is 12.9. The number of anilines is 1. The van der Waals surface area contributed by atoms with E-state index in [2.05, 4.69) is 5.32 Å². The molecule has 0 spiro atoms. The molecule has 0 aliphatic heterocycles. The topological polar surface area (TPSA) is 77.4 Å². The number of pyridine rings is 1. The second-order valence-electron chi connectivity index (χ2n) is 6.79. The van der Waals surface area contributed by atoms with E-state index in [4.69, 9.17) is 16.3 Å². The molecule has 2 aromatic carbocycles. The van der Waals surface area contributed by atoms with Gasteiger partial charge in [-0.15, -0.1) is 0 Å². The standard InChI is InChI=1S/C22H21ClN2O4/c1-4-29-22(28)14-5-8-16(9-6-14)24-21(27)18-12-25(13(2)3)19-10-7-15(23)11-17(19)20(18)26/h5-13H,4H2,1-3H3,(H,24,27). The zero-order valence-electron chi connectivity index (χ0n) is 16.4. The van der Waals surface area contributed by atoms with Crippen LogP contribution in [0.4, 0.5) is 5.69 Å². The third-order valence-corrected chi connectivity index (χ3v) is 4.68. The molecule has 1 heterocycles. The fourth-order valence-corrected chi connectivity index (χ4v) is 3.19. The van der Waals surface area contributed by atoms with Gasteiger partial charge in [0.05, 0.1) is 17.7 Å². The summed E-state index contributed by atoms with van der Waals surface area (Å²) in [5.74, 6) is -0.966. The Morgan fingerprint density at radius 3 is 2.45 bits per heavy atom. The van der Waals surface area contributed by atoms with Crippen molar-refractivity contribution in [2.75, 3.05) is 11.9 Å². The predicted molar refractivity (Wildman–Crippen MR) is 114 cm³/mol. The van der Waals surface area contributed by atoms with E-state index in [1.165, 1.54) is 0 Å². The molecule has 0 fully saturated rings. The Balaban J connectivity index is 1.96. The molecule has 29 heavy (non-hydrogen) atoms. The molecule has 1 N–H and O–H groups in total. The number of aromatic nitrogens is 1. The number of rotatable bonds is 5. The summed E-state index contributed by atoms with van der Waals surface area (Å²) < 4.78 is 6.81. The van der Waals surface area contributed by atoms with Gasteiger partial charge in [-0.3, -0.25) is 9.59 Å². The van der Waals surface area contributed by atoms with Crippen LogP contribution < -0.4 is 10.7 Å². The number of benzene rings is 2. The van der Waals surface area contributed by atoms with Crippen molar-refractivity contribution in [2.24, 2.45) is 0 Å². The zero-order chi connectivity index (χ0) is 21.1. The molecule has 1 aromatic heterocycles. The van der Waals surface area contributed by atoms with E-state index in [1.54, 1.807) is 55.6 Å². The number of carbonyl (C=O) groups is 2. The first kappa shape index (κ1) is 20.6. The fourth-order valence-electron chi connectivity index (χ4n) is 3.02. The second kappa shape index (κ2) is 8.49. The van der Waals surface area contributed by atoms with Gasteiger partial charge in [-0.2, -0.15) is 0 Å². The van der Waals surface area contributed by atoms with Gasteiger partial charge in [-0.1, -0.05) is 11.6 Å². The lowest BCUT2D eigenvalue weighted by Crippen LogP contribution is -2.24. The van der Waals surface area contributed by atoms with Crippen molar-refractivity contribution in [3.63, 3.8) is 0 Å². The van der Waals surface area contributed by atoms with Gasteiger partial charge in [0.2, 0.25) is 5.43 Å². The molecule has 0 saturated heterocycles. The third kappa shape index (κ3) is 4.32. The summed E-state index contributed by atoms with van der Waals surface area (Å²) in [5.41, 5.74) is 1.19. The van der Waals surface area contributed by atoms with Gasteiger partial charge >= 0.3 is 5.97 Å². The van der Waals surface area contributed by atoms with Gasteiger partial charge in [-0.05, 0) is 63.2 Å². The average molecular weight is 413 g/mol. The highest BCUT2D eigenvalue weighted by atomic mass is 35.5. The second-order valence-corrected chi connectivity index (χ2v) is 7.22. The lowest BCUT2D eigenvalue weighted by Gasteiger charge is -2.17. The summed E-state index contributed by atoms with van der Waals surface area (Å²) in [6.07, 6.45) is 1.56. The largest absolute Gasteiger partial charge is 0.462 e. The Hall–Kier alpha value is -3.12. The minimum Gasteiger partial charge on any atom is -0.462 e. The SMILES string of the molecule is CCOC(=O)c1ccc(NC(=O)c2cn(C(C)C)c3ccc(Cl)cc3c2=O)cc1. The summed E-state index contributed by atoms with van der Waals surface area (Å²) in [7, 11) is 0. The minimum absolute atomic E-state index is 0.0166. The van der Waals surface area contributed by atoms with Gasteiger partial charge in [0.25, 0.3) is 5.91 Å². The molecular formula is C22H21ClN2O4. The monoisotopic (exact) mass is 412 g/mol. The lowest BCUT2D eigenvalue weighted by molar-refractivity contribution is 0.0526. The molecule has 0 unspecified atom stereocenters. The molecule has 0 aliphatic carbocycles. The van der Waals surface area contributed by atoms with E-state index in [0.717, 1.165) is 0 Å². The zero-order valence-corrected chi connectivity index (χ0v) is 17.1. The Labute approximate surface area is 173 Å². The Morgan fingerprint density at radius 2 is 1.83 bits per heavy atom. The van der Waals surface area contributed by atoms with Crippen molar-refractivity contribution in [1.82, 2.24) is 4.57 Å². The van der Waals surface area contributed by atoms with Gasteiger partial charge in [0.15, 0.2) is 0 Å².